The average Bonchev–Trinajstić information content (AvgIpc) is 4.18. The first-order chi connectivity index (χ1) is 39.0. The molecule has 468 valence electrons. The number of aryl methyl sites for hydroxylation is 4. The van der Waals surface area contributed by atoms with Crippen LogP contribution in [0, 0.1) is 61.2 Å². The molecule has 15 heteroatoms. The van der Waals surface area contributed by atoms with Gasteiger partial charge in [-0.15, -0.1) is 0 Å². The first kappa shape index (κ1) is 68.3. The number of ketones is 2. The van der Waals surface area contributed by atoms with Gasteiger partial charge >= 0.3 is 11.9 Å². The van der Waals surface area contributed by atoms with Crippen LogP contribution in [0.3, 0.4) is 0 Å². The van der Waals surface area contributed by atoms with Crippen molar-refractivity contribution in [3.63, 3.8) is 0 Å². The molecule has 0 spiro atoms. The first-order valence-electron chi connectivity index (χ1n) is 31.9. The van der Waals surface area contributed by atoms with Gasteiger partial charge in [-0.2, -0.15) is 0 Å². The number of carbonyl (C=O) groups excluding carboxylic acids is 2. The van der Waals surface area contributed by atoms with Crippen LogP contribution < -0.4 is 4.74 Å². The Morgan fingerprint density at radius 2 is 0.928 bits per heavy atom. The predicted octanol–water partition coefficient (Wildman–Crippen LogP) is 12.4. The highest BCUT2D eigenvalue weighted by Crippen LogP contribution is 2.51. The van der Waals surface area contributed by atoms with Gasteiger partial charge in [0.05, 0.1) is 71.2 Å². The summed E-state index contributed by atoms with van der Waals surface area (Å²) in [6, 6.07) is 6.91. The summed E-state index contributed by atoms with van der Waals surface area (Å²) < 4.78 is 33.4. The van der Waals surface area contributed by atoms with Gasteiger partial charge in [-0.1, -0.05) is 107 Å². The van der Waals surface area contributed by atoms with Crippen molar-refractivity contribution in [2.75, 3.05) is 0 Å². The molecule has 0 aliphatic carbocycles. The molecule has 0 aromatic heterocycles. The second-order valence-corrected chi connectivity index (χ2v) is 26.5. The van der Waals surface area contributed by atoms with E-state index in [-0.39, 0.29) is 95.5 Å². The number of hydrogen-bond acceptors (Lipinski definition) is 13. The van der Waals surface area contributed by atoms with Gasteiger partial charge in [0.2, 0.25) is 0 Å². The predicted molar refractivity (Wildman–Crippen MR) is 320 cm³/mol. The molecule has 2 aromatic carbocycles. The lowest BCUT2D eigenvalue weighted by atomic mass is 9.76. The molecule has 4 aliphatic heterocycles. The van der Waals surface area contributed by atoms with Crippen LogP contribution in [0.1, 0.15) is 230 Å². The third-order valence-electron chi connectivity index (χ3n) is 21.5. The third kappa shape index (κ3) is 14.0. The molecule has 4 saturated heterocycles. The van der Waals surface area contributed by atoms with Crippen molar-refractivity contribution in [1.82, 2.24) is 0 Å². The fraction of sp³-hybridized carbons (Fsp3) is 0.765. The molecule has 0 saturated carbocycles. The van der Waals surface area contributed by atoms with Crippen LogP contribution in [-0.2, 0) is 41.4 Å². The number of aromatic carboxylic acids is 2. The van der Waals surface area contributed by atoms with E-state index in [4.69, 9.17) is 23.7 Å². The van der Waals surface area contributed by atoms with Gasteiger partial charge in [0, 0.05) is 23.7 Å². The van der Waals surface area contributed by atoms with Crippen LogP contribution in [0.5, 0.6) is 11.5 Å². The van der Waals surface area contributed by atoms with E-state index in [1.165, 1.54) is 0 Å². The van der Waals surface area contributed by atoms with Crippen LogP contribution in [-0.4, -0.2) is 125 Å². The topological polar surface area (TPSA) is 236 Å². The summed E-state index contributed by atoms with van der Waals surface area (Å²) in [4.78, 5) is 55.5. The maximum atomic E-state index is 14.5. The minimum absolute atomic E-state index is 0.00565. The summed E-state index contributed by atoms with van der Waals surface area (Å²) in [5.41, 5.74) is -1.37. The number of benzene rings is 2. The Balaban J connectivity index is 1.12. The highest BCUT2D eigenvalue weighted by molar-refractivity contribution is 5.95. The van der Waals surface area contributed by atoms with E-state index in [9.17, 15) is 49.8 Å². The lowest BCUT2D eigenvalue weighted by molar-refractivity contribution is -0.229. The summed E-state index contributed by atoms with van der Waals surface area (Å²) in [7, 11) is 0. The molecule has 0 radical (unpaired) electrons. The molecule has 6 rings (SSSR count). The van der Waals surface area contributed by atoms with Crippen molar-refractivity contribution in [3.8, 4) is 11.5 Å². The first-order valence-corrected chi connectivity index (χ1v) is 31.9. The van der Waals surface area contributed by atoms with Gasteiger partial charge < -0.3 is 54.3 Å². The van der Waals surface area contributed by atoms with Crippen LogP contribution in [0.4, 0.5) is 0 Å². The smallest absolute Gasteiger partial charge is 0.339 e. The molecule has 0 bridgehead atoms. The average molecular weight is 1160 g/mol. The number of carboxylic acid groups (broad SMARTS) is 2. The number of ether oxygens (including phenoxy) is 5. The lowest BCUT2D eigenvalue weighted by Crippen LogP contribution is -2.55. The van der Waals surface area contributed by atoms with Crippen LogP contribution in [0.15, 0.2) is 24.3 Å². The Bertz CT molecular complexity index is 2390. The SMILES string of the molecule is CC[C@@H](C(=O)[C@@H](C)[C@@H](O)[C@H](C)CCc1ccc(C)c(Oc2c(C)ccc(CC[C@@H](C)[C@H](O)[C@H](C)C(=O)[C@H](CC)[C@H]3O[C@](CC)([C@H]4CC[C@](O)(CC)[C@H](C)O4)C[C@@H]3C)c2C(=O)O)c1C(=O)O)[C@H]1O[C@](CC)([C@H]2CC[C@](O)(CC)[C@H](C)O2)C[C@@H]1C. The fourth-order valence-electron chi connectivity index (χ4n) is 15.2. The highest BCUT2D eigenvalue weighted by atomic mass is 16.6. The zero-order valence-corrected chi connectivity index (χ0v) is 53.2. The van der Waals surface area contributed by atoms with E-state index in [0.717, 1.165) is 12.8 Å². The maximum Gasteiger partial charge on any atom is 0.339 e. The van der Waals surface area contributed by atoms with Gasteiger partial charge in [0.25, 0.3) is 0 Å². The van der Waals surface area contributed by atoms with Crippen molar-refractivity contribution in [3.05, 3.63) is 57.6 Å². The molecule has 20 atom stereocenters. The Kier molecular flexibility index (Phi) is 23.0. The number of rotatable bonds is 28. The van der Waals surface area contributed by atoms with E-state index >= 15 is 0 Å². The number of carboxylic acids is 2. The zero-order valence-electron chi connectivity index (χ0n) is 53.2. The van der Waals surface area contributed by atoms with E-state index in [1.807, 2.05) is 55.4 Å². The van der Waals surface area contributed by atoms with Gasteiger partial charge in [-0.25, -0.2) is 9.59 Å². The molecule has 4 fully saturated rings. The molecule has 0 unspecified atom stereocenters. The van der Waals surface area contributed by atoms with Crippen LogP contribution in [0.25, 0.3) is 0 Å². The minimum Gasteiger partial charge on any atom is -0.478 e. The van der Waals surface area contributed by atoms with Gasteiger partial charge in [-0.3, -0.25) is 9.59 Å². The lowest BCUT2D eigenvalue weighted by Gasteiger charge is -2.47. The van der Waals surface area contributed by atoms with Crippen molar-refractivity contribution in [2.45, 2.75) is 285 Å². The van der Waals surface area contributed by atoms with E-state index in [2.05, 4.69) is 27.7 Å². The number of Topliss-reactive ketones (excluding diaryl/α,β-unsaturated/α-hetero) is 2. The van der Waals surface area contributed by atoms with E-state index in [1.54, 1.807) is 52.0 Å². The molecule has 2 aromatic rings. The summed E-state index contributed by atoms with van der Waals surface area (Å²) in [5.74, 6) is -5.79. The normalized spacial score (nSPS) is 33.2. The van der Waals surface area contributed by atoms with E-state index < -0.39 is 82.1 Å². The molecule has 6 N–H and O–H groups in total. The molecule has 0 amide bonds. The maximum absolute atomic E-state index is 14.5. The van der Waals surface area contributed by atoms with Crippen molar-refractivity contribution in [2.24, 2.45) is 47.3 Å². The molecular formula is C68H106O15. The molecule has 15 nitrogen and oxygen atoms in total. The quantitative estimate of drug-likeness (QED) is 0.0465. The fourth-order valence-corrected chi connectivity index (χ4v) is 15.2. The van der Waals surface area contributed by atoms with Crippen LogP contribution >= 0.6 is 0 Å². The Labute approximate surface area is 496 Å². The third-order valence-corrected chi connectivity index (χ3v) is 21.5. The van der Waals surface area contributed by atoms with Gasteiger partial charge in [-0.05, 0) is 176 Å². The second kappa shape index (κ2) is 27.9. The monoisotopic (exact) mass is 1160 g/mol. The summed E-state index contributed by atoms with van der Waals surface area (Å²) >= 11 is 0. The van der Waals surface area contributed by atoms with Gasteiger partial charge in [0.1, 0.15) is 34.2 Å². The van der Waals surface area contributed by atoms with Crippen molar-refractivity contribution in [1.29, 1.82) is 0 Å². The number of aliphatic hydroxyl groups excluding tert-OH is 2. The Morgan fingerprint density at radius 1 is 0.578 bits per heavy atom. The largest absolute Gasteiger partial charge is 0.478 e. The highest BCUT2D eigenvalue weighted by Gasteiger charge is 2.57. The number of aliphatic hydroxyl groups is 4. The summed E-state index contributed by atoms with van der Waals surface area (Å²) in [6.07, 6.45) is 4.84. The Morgan fingerprint density at radius 3 is 1.22 bits per heavy atom. The number of hydrogen-bond donors (Lipinski definition) is 6. The van der Waals surface area contributed by atoms with Crippen LogP contribution in [0.2, 0.25) is 0 Å². The zero-order chi connectivity index (χ0) is 61.8. The summed E-state index contributed by atoms with van der Waals surface area (Å²) in [6.45, 7) is 30.8. The minimum atomic E-state index is -1.26. The number of carbonyl (C=O) groups is 4. The van der Waals surface area contributed by atoms with Crippen molar-refractivity contribution >= 4 is 23.5 Å². The molecular weight excluding hydrogens is 1060 g/mol. The summed E-state index contributed by atoms with van der Waals surface area (Å²) in [5, 5.41) is 67.6. The standard InChI is InChI=1S/C68H106O15/c1-17-49(59-41(11)35-67(21-5,82-59)51-31-33-65(77,19-3)45(15)79-51)57(71)43(13)55(69)37(7)23-27-47-29-25-39(9)61(53(47)63(73)74)81-62-40(10)26-30-48(54(62)64(75)76)28-24-38(8)56(70)44(14)58(72)50(18-2)60-42(12)36-68(22-6,83-60)52-32-34-66(78,20-4)46(16)80-52/h25-26,29-30,37-38,41-46,49-52,55-56,59-60,69-70,77-78H,17-24,27-28,31-36H2,1-16H3,(H,73,74)(H,75,76)/t37-,38-,41+,42+,43+,44+,45+,46+,49+,50+,51-,52-,55+,56+,59+,60+,65-,66-,67+,68+/m1/s1. The second-order valence-electron chi connectivity index (χ2n) is 26.5. The van der Waals surface area contributed by atoms with Crippen molar-refractivity contribution < 1.29 is 73.5 Å². The van der Waals surface area contributed by atoms with E-state index in [0.29, 0.717) is 99.3 Å². The molecule has 4 heterocycles. The molecule has 4 aliphatic rings. The van der Waals surface area contributed by atoms with Gasteiger partial charge in [0.15, 0.2) is 0 Å². The molecule has 83 heavy (non-hydrogen) atoms. The Hall–Kier alpha value is -3.80.